The molecule has 1 aromatic rings. The molecule has 0 saturated carbocycles. The van der Waals surface area contributed by atoms with Gasteiger partial charge in [-0.3, -0.25) is 19.2 Å². The number of aliphatic carboxylic acids is 1. The Hall–Kier alpha value is -3.43. The molecule has 3 unspecified atom stereocenters. The highest BCUT2D eigenvalue weighted by Gasteiger charge is 2.37. The lowest BCUT2D eigenvalue weighted by molar-refractivity contribution is -0.150. The third-order valence-corrected chi connectivity index (χ3v) is 5.45. The Kier molecular flexibility index (Phi) is 7.96. The van der Waals surface area contributed by atoms with Crippen LogP contribution in [0.2, 0.25) is 0 Å². The number of nitrogens with one attached hydrogen (secondary N) is 2. The van der Waals surface area contributed by atoms with E-state index in [9.17, 15) is 24.0 Å². The van der Waals surface area contributed by atoms with Crippen molar-refractivity contribution in [2.24, 2.45) is 0 Å². The van der Waals surface area contributed by atoms with Crippen LogP contribution >= 0.6 is 0 Å². The minimum absolute atomic E-state index is 0.319. The van der Waals surface area contributed by atoms with E-state index >= 15 is 0 Å². The highest BCUT2D eigenvalue weighted by molar-refractivity contribution is 6.35. The second-order valence-electron chi connectivity index (χ2n) is 7.93. The van der Waals surface area contributed by atoms with E-state index in [2.05, 4.69) is 10.6 Å². The van der Waals surface area contributed by atoms with Crippen molar-refractivity contribution in [2.75, 3.05) is 13.7 Å². The molecule has 3 N–H and O–H groups in total. The zero-order valence-electron chi connectivity index (χ0n) is 18.9. The number of benzene rings is 1. The van der Waals surface area contributed by atoms with Crippen LogP contribution in [-0.4, -0.2) is 71.3 Å². The highest BCUT2D eigenvalue weighted by atomic mass is 16.5. The van der Waals surface area contributed by atoms with E-state index < -0.39 is 47.6 Å². The predicted molar refractivity (Wildman–Crippen MR) is 114 cm³/mol. The lowest BCUT2D eigenvalue weighted by Crippen LogP contribution is -2.54. The van der Waals surface area contributed by atoms with Gasteiger partial charge < -0.3 is 25.4 Å². The fourth-order valence-electron chi connectivity index (χ4n) is 3.86. The van der Waals surface area contributed by atoms with Crippen LogP contribution in [0.5, 0.6) is 5.75 Å². The molecular formula is C22H29N3O7. The first-order valence-electron chi connectivity index (χ1n) is 10.3. The normalized spacial score (nSPS) is 17.3. The van der Waals surface area contributed by atoms with Crippen molar-refractivity contribution in [2.45, 2.75) is 58.7 Å². The number of carbonyl (C=O) groups is 5. The van der Waals surface area contributed by atoms with Gasteiger partial charge in [-0.05, 0) is 63.8 Å². The molecule has 0 radical (unpaired) electrons. The number of carboxylic acid groups (broad SMARTS) is 1. The molecule has 1 aromatic carbocycles. The summed E-state index contributed by atoms with van der Waals surface area (Å²) in [5, 5.41) is 13.8. The quantitative estimate of drug-likeness (QED) is 0.495. The summed E-state index contributed by atoms with van der Waals surface area (Å²) < 4.78 is 5.30. The van der Waals surface area contributed by atoms with Crippen LogP contribution in [-0.2, 0) is 19.2 Å². The van der Waals surface area contributed by atoms with Crippen LogP contribution in [0.25, 0.3) is 0 Å². The second kappa shape index (κ2) is 10.3. The monoisotopic (exact) mass is 447 g/mol. The lowest BCUT2D eigenvalue weighted by atomic mass is 10.0. The maximum Gasteiger partial charge on any atom is 0.374 e. The number of amides is 3. The van der Waals surface area contributed by atoms with Crippen LogP contribution in [0.3, 0.4) is 0 Å². The third kappa shape index (κ3) is 5.43. The molecule has 3 amide bonds. The largest absolute Gasteiger partial charge is 0.496 e. The first-order valence-corrected chi connectivity index (χ1v) is 10.3. The van der Waals surface area contributed by atoms with Gasteiger partial charge in [0.15, 0.2) is 0 Å². The summed E-state index contributed by atoms with van der Waals surface area (Å²) in [7, 11) is 1.55. The van der Waals surface area contributed by atoms with Crippen LogP contribution in [0.15, 0.2) is 12.1 Å². The van der Waals surface area contributed by atoms with E-state index in [-0.39, 0.29) is 0 Å². The summed E-state index contributed by atoms with van der Waals surface area (Å²) in [5.74, 6) is -3.56. The topological polar surface area (TPSA) is 142 Å². The Balaban J connectivity index is 2.06. The maximum absolute atomic E-state index is 12.9. The van der Waals surface area contributed by atoms with Crippen molar-refractivity contribution in [1.82, 2.24) is 15.5 Å². The van der Waals surface area contributed by atoms with Crippen molar-refractivity contribution >= 4 is 29.5 Å². The van der Waals surface area contributed by atoms with Gasteiger partial charge in [0.2, 0.25) is 11.8 Å². The number of ketones is 1. The first kappa shape index (κ1) is 24.8. The van der Waals surface area contributed by atoms with Gasteiger partial charge in [-0.2, -0.15) is 0 Å². The summed E-state index contributed by atoms with van der Waals surface area (Å²) >= 11 is 0. The van der Waals surface area contributed by atoms with Gasteiger partial charge in [-0.15, -0.1) is 0 Å². The zero-order valence-corrected chi connectivity index (χ0v) is 18.9. The molecule has 1 fully saturated rings. The fourth-order valence-corrected chi connectivity index (χ4v) is 3.86. The minimum Gasteiger partial charge on any atom is -0.496 e. The Morgan fingerprint density at radius 1 is 1.06 bits per heavy atom. The smallest absolute Gasteiger partial charge is 0.374 e. The average Bonchev–Trinajstić information content (AvgIpc) is 3.22. The molecule has 10 heteroatoms. The van der Waals surface area contributed by atoms with Gasteiger partial charge in [-0.1, -0.05) is 0 Å². The number of carboxylic acids is 1. The molecule has 1 aliphatic heterocycles. The van der Waals surface area contributed by atoms with Gasteiger partial charge in [0.25, 0.3) is 11.7 Å². The fraction of sp³-hybridized carbons (Fsp3) is 0.500. The Bertz CT molecular complexity index is 920. The molecule has 0 spiro atoms. The number of carbonyl (C=O) groups excluding carboxylic acids is 4. The van der Waals surface area contributed by atoms with E-state index in [0.717, 1.165) is 11.1 Å². The van der Waals surface area contributed by atoms with Crippen molar-refractivity contribution in [3.05, 3.63) is 28.8 Å². The Morgan fingerprint density at radius 3 is 2.19 bits per heavy atom. The van der Waals surface area contributed by atoms with E-state index in [1.165, 1.54) is 18.7 Å². The second-order valence-corrected chi connectivity index (χ2v) is 7.93. The summed E-state index contributed by atoms with van der Waals surface area (Å²) in [6.45, 7) is 6.77. The number of nitrogens with zero attached hydrogens (tertiary/aromatic N) is 1. The number of ether oxygens (including phenoxy) is 1. The Labute approximate surface area is 186 Å². The number of hydrogen-bond acceptors (Lipinski definition) is 6. The van der Waals surface area contributed by atoms with Gasteiger partial charge in [0.1, 0.15) is 17.8 Å². The van der Waals surface area contributed by atoms with Crippen LogP contribution < -0.4 is 15.4 Å². The molecular weight excluding hydrogens is 418 g/mol. The molecule has 0 aliphatic carbocycles. The lowest BCUT2D eigenvalue weighted by Gasteiger charge is -2.28. The standard InChI is InChI=1S/C22H29N3O7/c1-11-9-15(10-12(2)18(11)32-5)19(27)24-14(4)21(29)25-8-6-7-16(25)20(28)23-13(3)17(26)22(30)31/h9-10,13-14,16H,6-8H2,1-5H3,(H,23,28)(H,24,27)(H,30,31). The van der Waals surface area contributed by atoms with Gasteiger partial charge in [-0.25, -0.2) is 4.79 Å². The SMILES string of the molecule is COc1c(C)cc(C(=O)NC(C)C(=O)N2CCCC2C(=O)NC(C)C(=O)C(=O)O)cc1C. The van der Waals surface area contributed by atoms with Crippen molar-refractivity contribution in [3.63, 3.8) is 0 Å². The molecule has 174 valence electrons. The maximum atomic E-state index is 12.9. The molecule has 32 heavy (non-hydrogen) atoms. The highest BCUT2D eigenvalue weighted by Crippen LogP contribution is 2.24. The number of rotatable bonds is 8. The summed E-state index contributed by atoms with van der Waals surface area (Å²) in [6, 6.07) is 0.403. The number of methoxy groups -OCH3 is 1. The molecule has 3 atom stereocenters. The van der Waals surface area contributed by atoms with Gasteiger partial charge in [0.05, 0.1) is 13.2 Å². The van der Waals surface area contributed by atoms with Crippen molar-refractivity contribution < 1.29 is 33.8 Å². The first-order chi connectivity index (χ1) is 15.0. The average molecular weight is 447 g/mol. The van der Waals surface area contributed by atoms with E-state index in [1.807, 2.05) is 13.8 Å². The number of hydrogen-bond donors (Lipinski definition) is 3. The molecule has 2 rings (SSSR count). The van der Waals surface area contributed by atoms with Crippen LogP contribution in [0, 0.1) is 13.8 Å². The minimum atomic E-state index is -1.64. The van der Waals surface area contributed by atoms with Crippen molar-refractivity contribution in [1.29, 1.82) is 0 Å². The molecule has 10 nitrogen and oxygen atoms in total. The van der Waals surface area contributed by atoms with E-state index in [0.29, 0.717) is 30.7 Å². The summed E-state index contributed by atoms with van der Waals surface area (Å²) in [4.78, 5) is 61.8. The van der Waals surface area contributed by atoms with E-state index in [4.69, 9.17) is 9.84 Å². The number of aryl methyl sites for hydroxylation is 2. The van der Waals surface area contributed by atoms with Gasteiger partial charge >= 0.3 is 5.97 Å². The summed E-state index contributed by atoms with van der Waals surface area (Å²) in [6.07, 6.45) is 0.950. The number of likely N-dealkylation sites (tertiary alicyclic amines) is 1. The molecule has 0 bridgehead atoms. The molecule has 0 aromatic heterocycles. The van der Waals surface area contributed by atoms with Crippen LogP contribution in [0.1, 0.15) is 48.2 Å². The zero-order chi connectivity index (χ0) is 24.2. The van der Waals surface area contributed by atoms with Crippen LogP contribution in [0.4, 0.5) is 0 Å². The molecule has 1 heterocycles. The molecule has 1 aliphatic rings. The van der Waals surface area contributed by atoms with E-state index in [1.54, 1.807) is 19.2 Å². The van der Waals surface area contributed by atoms with Gasteiger partial charge in [0, 0.05) is 12.1 Å². The Morgan fingerprint density at radius 2 is 1.66 bits per heavy atom. The van der Waals surface area contributed by atoms with Crippen molar-refractivity contribution in [3.8, 4) is 5.75 Å². The summed E-state index contributed by atoms with van der Waals surface area (Å²) in [5.41, 5.74) is 1.97. The molecule has 1 saturated heterocycles. The number of Topliss-reactive ketones (excluding diaryl/α,β-unsaturated/α-hetero) is 1. The predicted octanol–water partition coefficient (Wildman–Crippen LogP) is 0.580. The third-order valence-electron chi connectivity index (χ3n) is 5.45.